The maximum Gasteiger partial charge on any atom is 0.328 e. The van der Waals surface area contributed by atoms with Crippen molar-refractivity contribution in [2.75, 3.05) is 18.5 Å². The quantitative estimate of drug-likeness (QED) is 0.846. The van der Waals surface area contributed by atoms with Crippen LogP contribution >= 0.6 is 15.9 Å². The summed E-state index contributed by atoms with van der Waals surface area (Å²) in [7, 11) is 1.92. The molecule has 0 radical (unpaired) electrons. The number of nitrogens with zero attached hydrogens (tertiary/aromatic N) is 2. The molecule has 1 aromatic rings. The molecular formula is C14H15BrN2O2. The van der Waals surface area contributed by atoms with Gasteiger partial charge in [0.15, 0.2) is 0 Å². The number of carboxylic acid groups (broad SMARTS) is 1. The summed E-state index contributed by atoms with van der Waals surface area (Å²) < 4.78 is 0.868. The minimum Gasteiger partial charge on any atom is -0.478 e. The second-order valence-electron chi connectivity index (χ2n) is 4.29. The number of nitriles is 1. The van der Waals surface area contributed by atoms with Crippen LogP contribution in [0.3, 0.4) is 0 Å². The fourth-order valence-electron chi connectivity index (χ4n) is 1.65. The van der Waals surface area contributed by atoms with Gasteiger partial charge < -0.3 is 10.0 Å². The highest BCUT2D eigenvalue weighted by Crippen LogP contribution is 2.27. The van der Waals surface area contributed by atoms with E-state index in [0.29, 0.717) is 6.54 Å². The molecule has 0 spiro atoms. The number of rotatable bonds is 5. The Morgan fingerprint density at radius 1 is 1.63 bits per heavy atom. The van der Waals surface area contributed by atoms with Gasteiger partial charge in [-0.2, -0.15) is 5.26 Å². The molecule has 1 unspecified atom stereocenters. The minimum absolute atomic E-state index is 0.0523. The molecule has 4 nitrogen and oxygen atoms in total. The highest BCUT2D eigenvalue weighted by atomic mass is 79.9. The van der Waals surface area contributed by atoms with Gasteiger partial charge in [0, 0.05) is 24.1 Å². The van der Waals surface area contributed by atoms with Gasteiger partial charge in [-0.3, -0.25) is 0 Å². The topological polar surface area (TPSA) is 64.3 Å². The van der Waals surface area contributed by atoms with Crippen molar-refractivity contribution in [1.82, 2.24) is 0 Å². The Morgan fingerprint density at radius 2 is 2.32 bits per heavy atom. The first-order chi connectivity index (χ1) is 8.93. The van der Waals surface area contributed by atoms with E-state index in [1.807, 2.05) is 37.1 Å². The van der Waals surface area contributed by atoms with Crippen molar-refractivity contribution >= 4 is 33.7 Å². The molecule has 0 bridgehead atoms. The smallest absolute Gasteiger partial charge is 0.328 e. The second-order valence-corrected chi connectivity index (χ2v) is 5.15. The lowest BCUT2D eigenvalue weighted by molar-refractivity contribution is -0.131. The SMILES string of the molecule is CC(C#N)CN(C)c1ccc(/C=C/C(=O)O)cc1Br. The molecule has 0 fully saturated rings. The average molecular weight is 323 g/mol. The van der Waals surface area contributed by atoms with Gasteiger partial charge in [0.05, 0.1) is 17.7 Å². The summed E-state index contributed by atoms with van der Waals surface area (Å²) in [5.74, 6) is -1.02. The normalized spacial score (nSPS) is 12.1. The van der Waals surface area contributed by atoms with Gasteiger partial charge in [0.2, 0.25) is 0 Å². The predicted molar refractivity (Wildman–Crippen MR) is 78.9 cm³/mol. The van der Waals surface area contributed by atoms with Crippen LogP contribution in [0.2, 0.25) is 0 Å². The molecule has 1 rings (SSSR count). The molecule has 100 valence electrons. The molecule has 1 N–H and O–H groups in total. The first-order valence-corrected chi connectivity index (χ1v) is 6.54. The van der Waals surface area contributed by atoms with Crippen molar-refractivity contribution in [3.8, 4) is 6.07 Å². The Kier molecular flexibility index (Phi) is 5.58. The number of carbonyl (C=O) groups is 1. The van der Waals surface area contributed by atoms with E-state index in [1.54, 1.807) is 0 Å². The number of carboxylic acids is 1. The average Bonchev–Trinajstić information content (AvgIpc) is 2.35. The van der Waals surface area contributed by atoms with E-state index in [4.69, 9.17) is 10.4 Å². The van der Waals surface area contributed by atoms with Crippen LogP contribution in [0.5, 0.6) is 0 Å². The Bertz CT molecular complexity index is 535. The molecule has 0 aliphatic carbocycles. The summed E-state index contributed by atoms with van der Waals surface area (Å²) in [5.41, 5.74) is 1.77. The summed E-state index contributed by atoms with van der Waals surface area (Å²) in [6.45, 7) is 2.51. The van der Waals surface area contributed by atoms with E-state index in [9.17, 15) is 4.79 Å². The van der Waals surface area contributed by atoms with E-state index >= 15 is 0 Å². The van der Waals surface area contributed by atoms with Crippen LogP contribution in [0.15, 0.2) is 28.7 Å². The largest absolute Gasteiger partial charge is 0.478 e. The van der Waals surface area contributed by atoms with Crippen LogP contribution in [0, 0.1) is 17.2 Å². The molecule has 5 heteroatoms. The Morgan fingerprint density at radius 3 is 2.84 bits per heavy atom. The Balaban J connectivity index is 2.88. The third kappa shape index (κ3) is 4.76. The summed E-state index contributed by atoms with van der Waals surface area (Å²) in [6, 6.07) is 7.78. The highest BCUT2D eigenvalue weighted by Gasteiger charge is 2.09. The monoisotopic (exact) mass is 322 g/mol. The molecule has 0 saturated heterocycles. The molecule has 0 amide bonds. The van der Waals surface area contributed by atoms with Gasteiger partial charge in [-0.15, -0.1) is 0 Å². The van der Waals surface area contributed by atoms with E-state index in [-0.39, 0.29) is 5.92 Å². The van der Waals surface area contributed by atoms with Crippen LogP contribution in [0.1, 0.15) is 12.5 Å². The summed E-state index contributed by atoms with van der Waals surface area (Å²) >= 11 is 3.46. The highest BCUT2D eigenvalue weighted by molar-refractivity contribution is 9.10. The summed E-state index contributed by atoms with van der Waals surface area (Å²) in [5, 5.41) is 17.4. The van der Waals surface area contributed by atoms with Gasteiger partial charge in [0.1, 0.15) is 0 Å². The van der Waals surface area contributed by atoms with Crippen molar-refractivity contribution in [1.29, 1.82) is 5.26 Å². The molecule has 1 atom stereocenters. The van der Waals surface area contributed by atoms with Crippen LogP contribution in [0.25, 0.3) is 6.08 Å². The molecule has 0 saturated carbocycles. The van der Waals surface area contributed by atoms with E-state index in [1.165, 1.54) is 6.08 Å². The molecular weight excluding hydrogens is 308 g/mol. The lowest BCUT2D eigenvalue weighted by Crippen LogP contribution is -2.23. The maximum atomic E-state index is 10.4. The van der Waals surface area contributed by atoms with Gasteiger partial charge in [-0.05, 0) is 46.6 Å². The van der Waals surface area contributed by atoms with Gasteiger partial charge in [-0.25, -0.2) is 4.79 Å². The van der Waals surface area contributed by atoms with Crippen molar-refractivity contribution < 1.29 is 9.90 Å². The van der Waals surface area contributed by atoms with Gasteiger partial charge in [-0.1, -0.05) is 6.07 Å². The van der Waals surface area contributed by atoms with Crippen molar-refractivity contribution in [2.45, 2.75) is 6.92 Å². The fourth-order valence-corrected chi connectivity index (χ4v) is 2.35. The number of halogens is 1. The third-order valence-corrected chi connectivity index (χ3v) is 3.20. The Labute approximate surface area is 121 Å². The maximum absolute atomic E-state index is 10.4. The minimum atomic E-state index is -0.972. The second kappa shape index (κ2) is 6.95. The van der Waals surface area contributed by atoms with Crippen LogP contribution in [-0.4, -0.2) is 24.7 Å². The lowest BCUT2D eigenvalue weighted by Gasteiger charge is -2.22. The van der Waals surface area contributed by atoms with Crippen LogP contribution in [-0.2, 0) is 4.79 Å². The van der Waals surface area contributed by atoms with Crippen molar-refractivity contribution in [3.63, 3.8) is 0 Å². The van der Waals surface area contributed by atoms with Crippen molar-refractivity contribution in [3.05, 3.63) is 34.3 Å². The number of hydrogen-bond donors (Lipinski definition) is 1. The van der Waals surface area contributed by atoms with E-state index in [0.717, 1.165) is 21.8 Å². The standard InChI is InChI=1S/C14H15BrN2O2/c1-10(8-16)9-17(2)13-5-3-11(7-12(13)15)4-6-14(18)19/h3-7,10H,9H2,1-2H3,(H,18,19)/b6-4+. The zero-order chi connectivity index (χ0) is 14.4. The zero-order valence-corrected chi connectivity index (χ0v) is 12.4. The molecule has 0 aliphatic rings. The van der Waals surface area contributed by atoms with Gasteiger partial charge in [0.25, 0.3) is 0 Å². The first-order valence-electron chi connectivity index (χ1n) is 5.75. The van der Waals surface area contributed by atoms with Crippen molar-refractivity contribution in [2.24, 2.45) is 5.92 Å². The summed E-state index contributed by atoms with van der Waals surface area (Å²) in [4.78, 5) is 12.4. The van der Waals surface area contributed by atoms with E-state index in [2.05, 4.69) is 22.0 Å². The first kappa shape index (κ1) is 15.3. The number of anilines is 1. The van der Waals surface area contributed by atoms with E-state index < -0.39 is 5.97 Å². The molecule has 19 heavy (non-hydrogen) atoms. The lowest BCUT2D eigenvalue weighted by atomic mass is 10.1. The summed E-state index contributed by atoms with van der Waals surface area (Å²) in [6.07, 6.45) is 2.64. The predicted octanol–water partition coefficient (Wildman–Crippen LogP) is 3.14. The molecule has 1 aromatic carbocycles. The number of aliphatic carboxylic acids is 1. The number of benzene rings is 1. The zero-order valence-electron chi connectivity index (χ0n) is 10.8. The molecule has 0 aromatic heterocycles. The fraction of sp³-hybridized carbons (Fsp3) is 0.286. The number of hydrogen-bond acceptors (Lipinski definition) is 3. The molecule has 0 heterocycles. The third-order valence-electron chi connectivity index (χ3n) is 2.57. The van der Waals surface area contributed by atoms with Crippen LogP contribution in [0.4, 0.5) is 5.69 Å². The molecule has 0 aliphatic heterocycles. The van der Waals surface area contributed by atoms with Crippen LogP contribution < -0.4 is 4.90 Å². The van der Waals surface area contributed by atoms with Gasteiger partial charge >= 0.3 is 5.97 Å². The Hall–Kier alpha value is -1.80.